The zero-order valence-corrected chi connectivity index (χ0v) is 13.5. The molecule has 4 nitrogen and oxygen atoms in total. The van der Waals surface area contributed by atoms with Crippen LogP contribution in [0.4, 0.5) is 0 Å². The molecule has 0 aromatic carbocycles. The van der Waals surface area contributed by atoms with E-state index in [1.54, 1.807) is 13.8 Å². The lowest BCUT2D eigenvalue weighted by atomic mass is 9.98. The summed E-state index contributed by atoms with van der Waals surface area (Å²) in [6.45, 7) is 14.2. The van der Waals surface area contributed by atoms with Crippen LogP contribution >= 0.6 is 0 Å². The number of carbonyl (C=O) groups excluding carboxylic acids is 1. The summed E-state index contributed by atoms with van der Waals surface area (Å²) < 4.78 is 16.5. The Morgan fingerprint density at radius 3 is 2.00 bits per heavy atom. The summed E-state index contributed by atoms with van der Waals surface area (Å²) in [5.74, 6) is -0.340. The molecule has 0 aliphatic rings. The average molecular weight is 274 g/mol. The van der Waals surface area contributed by atoms with Gasteiger partial charge in [0.05, 0.1) is 18.3 Å². The monoisotopic (exact) mass is 274 g/mol. The molecule has 0 aliphatic heterocycles. The highest BCUT2D eigenvalue weighted by Crippen LogP contribution is 2.27. The first-order valence-corrected chi connectivity index (χ1v) is 7.16. The lowest BCUT2D eigenvalue weighted by Gasteiger charge is -2.35. The Morgan fingerprint density at radius 1 is 1.05 bits per heavy atom. The Kier molecular flexibility index (Phi) is 7.60. The Labute approximate surface area is 117 Å². The molecule has 0 aliphatic carbocycles. The second kappa shape index (κ2) is 7.85. The lowest BCUT2D eigenvalue weighted by Crippen LogP contribution is -2.45. The molecule has 0 rings (SSSR count). The van der Waals surface area contributed by atoms with E-state index in [-0.39, 0.29) is 24.3 Å². The summed E-state index contributed by atoms with van der Waals surface area (Å²) in [7, 11) is 0. The average Bonchev–Trinajstić information content (AvgIpc) is 2.33. The van der Waals surface area contributed by atoms with E-state index in [2.05, 4.69) is 13.8 Å². The molecule has 0 aromatic heterocycles. The molecule has 4 heteroatoms. The zero-order chi connectivity index (χ0) is 15.1. The van der Waals surface area contributed by atoms with Gasteiger partial charge in [-0.1, -0.05) is 13.8 Å². The second-order valence-corrected chi connectivity index (χ2v) is 5.82. The Balaban J connectivity index is 4.28. The van der Waals surface area contributed by atoms with Gasteiger partial charge in [-0.25, -0.2) is 4.79 Å². The van der Waals surface area contributed by atoms with Gasteiger partial charge in [0.2, 0.25) is 0 Å². The molecule has 0 radical (unpaired) electrons. The van der Waals surface area contributed by atoms with Crippen molar-refractivity contribution in [2.24, 2.45) is 0 Å². The molecule has 0 fully saturated rings. The topological polar surface area (TPSA) is 44.8 Å². The van der Waals surface area contributed by atoms with Crippen molar-refractivity contribution in [1.82, 2.24) is 0 Å². The largest absolute Gasteiger partial charge is 0.461 e. The third-order valence-corrected chi connectivity index (χ3v) is 3.26. The number of hydrogen-bond acceptors (Lipinski definition) is 4. The van der Waals surface area contributed by atoms with Gasteiger partial charge in [-0.2, -0.15) is 0 Å². The van der Waals surface area contributed by atoms with Crippen molar-refractivity contribution in [3.8, 4) is 0 Å². The summed E-state index contributed by atoms with van der Waals surface area (Å²) in [6.07, 6.45) is 1.86. The van der Waals surface area contributed by atoms with Crippen LogP contribution in [0.25, 0.3) is 0 Å². The van der Waals surface area contributed by atoms with Crippen molar-refractivity contribution in [1.29, 1.82) is 0 Å². The highest BCUT2D eigenvalue weighted by atomic mass is 16.6. The molecule has 0 atom stereocenters. The number of ether oxygens (including phenoxy) is 3. The molecule has 0 heterocycles. The lowest BCUT2D eigenvalue weighted by molar-refractivity contribution is -0.190. The van der Waals surface area contributed by atoms with E-state index in [0.29, 0.717) is 6.61 Å². The summed E-state index contributed by atoms with van der Waals surface area (Å²) in [5, 5.41) is 0. The van der Waals surface area contributed by atoms with Gasteiger partial charge < -0.3 is 14.2 Å². The fourth-order valence-electron chi connectivity index (χ4n) is 1.64. The normalized spacial score (nSPS) is 12.8. The Morgan fingerprint density at radius 2 is 1.58 bits per heavy atom. The van der Waals surface area contributed by atoms with Crippen LogP contribution in [0, 0.1) is 0 Å². The first-order chi connectivity index (χ1) is 8.67. The minimum absolute atomic E-state index is 0.145. The van der Waals surface area contributed by atoms with Gasteiger partial charge >= 0.3 is 5.97 Å². The van der Waals surface area contributed by atoms with Crippen LogP contribution in [0.5, 0.6) is 0 Å². The molecule has 0 amide bonds. The summed E-state index contributed by atoms with van der Waals surface area (Å²) >= 11 is 0. The number of esters is 1. The van der Waals surface area contributed by atoms with E-state index in [0.717, 1.165) is 12.8 Å². The molecule has 0 saturated carbocycles. The smallest absolute Gasteiger partial charge is 0.337 e. The van der Waals surface area contributed by atoms with Crippen LogP contribution < -0.4 is 0 Å². The van der Waals surface area contributed by atoms with Crippen LogP contribution in [0.1, 0.15) is 61.3 Å². The van der Waals surface area contributed by atoms with Crippen molar-refractivity contribution in [3.05, 3.63) is 0 Å². The van der Waals surface area contributed by atoms with Crippen LogP contribution in [-0.4, -0.2) is 36.5 Å². The van der Waals surface area contributed by atoms with Gasteiger partial charge in [0.25, 0.3) is 0 Å². The van der Waals surface area contributed by atoms with Crippen LogP contribution in [0.3, 0.4) is 0 Å². The third-order valence-electron chi connectivity index (χ3n) is 3.26. The SMILES string of the molecule is CCC(C)(CC)OC(C)(C)C(=O)OCCOC(C)C. The van der Waals surface area contributed by atoms with Gasteiger partial charge in [0, 0.05) is 0 Å². The first-order valence-electron chi connectivity index (χ1n) is 7.16. The van der Waals surface area contributed by atoms with Crippen LogP contribution in [0.2, 0.25) is 0 Å². The number of carbonyl (C=O) groups is 1. The fourth-order valence-corrected chi connectivity index (χ4v) is 1.64. The van der Waals surface area contributed by atoms with Crippen molar-refractivity contribution in [2.75, 3.05) is 13.2 Å². The fraction of sp³-hybridized carbons (Fsp3) is 0.933. The van der Waals surface area contributed by atoms with Gasteiger partial charge in [-0.15, -0.1) is 0 Å². The molecule has 0 bridgehead atoms. The van der Waals surface area contributed by atoms with Gasteiger partial charge in [-0.05, 0) is 47.5 Å². The van der Waals surface area contributed by atoms with Crippen LogP contribution in [0.15, 0.2) is 0 Å². The van der Waals surface area contributed by atoms with E-state index in [9.17, 15) is 4.79 Å². The predicted molar refractivity (Wildman–Crippen MR) is 76.2 cm³/mol. The molecule has 19 heavy (non-hydrogen) atoms. The quantitative estimate of drug-likeness (QED) is 0.478. The van der Waals surface area contributed by atoms with Gasteiger partial charge in [-0.3, -0.25) is 0 Å². The maximum atomic E-state index is 12.0. The summed E-state index contributed by atoms with van der Waals surface area (Å²) in [6, 6.07) is 0. The number of rotatable bonds is 9. The first kappa shape index (κ1) is 18.4. The molecular formula is C15H30O4. The van der Waals surface area contributed by atoms with Gasteiger partial charge in [0.1, 0.15) is 6.61 Å². The molecule has 114 valence electrons. The van der Waals surface area contributed by atoms with E-state index in [1.165, 1.54) is 0 Å². The third kappa shape index (κ3) is 6.92. The summed E-state index contributed by atoms with van der Waals surface area (Å²) in [4.78, 5) is 12.0. The predicted octanol–water partition coefficient (Wildman–Crippen LogP) is 3.33. The molecule has 0 aromatic rings. The van der Waals surface area contributed by atoms with Crippen LogP contribution in [-0.2, 0) is 19.0 Å². The molecular weight excluding hydrogens is 244 g/mol. The molecule has 0 N–H and O–H groups in total. The second-order valence-electron chi connectivity index (χ2n) is 5.82. The van der Waals surface area contributed by atoms with Crippen molar-refractivity contribution < 1.29 is 19.0 Å². The van der Waals surface area contributed by atoms with E-state index >= 15 is 0 Å². The highest BCUT2D eigenvalue weighted by molar-refractivity contribution is 5.78. The maximum absolute atomic E-state index is 12.0. The summed E-state index contributed by atoms with van der Waals surface area (Å²) in [5.41, 5.74) is -1.23. The van der Waals surface area contributed by atoms with E-state index < -0.39 is 5.60 Å². The molecule has 0 spiro atoms. The van der Waals surface area contributed by atoms with E-state index in [4.69, 9.17) is 14.2 Å². The standard InChI is InChI=1S/C15H30O4/c1-8-15(7,9-2)19-14(5,6)13(16)18-11-10-17-12(3)4/h12H,8-11H2,1-7H3. The molecule has 0 unspecified atom stereocenters. The maximum Gasteiger partial charge on any atom is 0.337 e. The molecule has 0 saturated heterocycles. The zero-order valence-electron chi connectivity index (χ0n) is 13.5. The minimum Gasteiger partial charge on any atom is -0.461 e. The van der Waals surface area contributed by atoms with Crippen molar-refractivity contribution >= 4 is 5.97 Å². The minimum atomic E-state index is -0.932. The highest BCUT2D eigenvalue weighted by Gasteiger charge is 2.37. The van der Waals surface area contributed by atoms with E-state index in [1.807, 2.05) is 20.8 Å². The number of hydrogen-bond donors (Lipinski definition) is 0. The van der Waals surface area contributed by atoms with Crippen molar-refractivity contribution in [3.63, 3.8) is 0 Å². The Bertz CT molecular complexity index is 267. The Hall–Kier alpha value is -0.610. The van der Waals surface area contributed by atoms with Gasteiger partial charge in [0.15, 0.2) is 5.60 Å². The van der Waals surface area contributed by atoms with Crippen molar-refractivity contribution in [2.45, 2.75) is 78.6 Å².